The van der Waals surface area contributed by atoms with E-state index in [0.29, 0.717) is 5.56 Å². The Hall–Kier alpha value is -2.94. The molecule has 0 spiro atoms. The highest BCUT2D eigenvalue weighted by molar-refractivity contribution is 5.91. The lowest BCUT2D eigenvalue weighted by Gasteiger charge is -2.01. The van der Waals surface area contributed by atoms with Gasteiger partial charge in [-0.1, -0.05) is 42.5 Å². The number of hydrogen-bond acceptors (Lipinski definition) is 2. The van der Waals surface area contributed by atoms with E-state index < -0.39 is 5.97 Å². The molecule has 3 rings (SSSR count). The average molecular weight is 275 g/mol. The summed E-state index contributed by atoms with van der Waals surface area (Å²) in [5.74, 6) is -0.911. The van der Waals surface area contributed by atoms with Crippen LogP contribution in [-0.4, -0.2) is 16.1 Å². The summed E-state index contributed by atoms with van der Waals surface area (Å²) in [6.45, 7) is 0. The maximum atomic E-state index is 10.8. The summed E-state index contributed by atoms with van der Waals surface area (Å²) in [7, 11) is 0. The quantitative estimate of drug-likeness (QED) is 0.782. The van der Waals surface area contributed by atoms with Crippen LogP contribution in [0.2, 0.25) is 0 Å². The Labute approximate surface area is 122 Å². The van der Waals surface area contributed by atoms with Gasteiger partial charge in [0, 0.05) is 11.6 Å². The van der Waals surface area contributed by atoms with E-state index in [-0.39, 0.29) is 0 Å². The van der Waals surface area contributed by atoms with Crippen LogP contribution in [0.3, 0.4) is 0 Å². The summed E-state index contributed by atoms with van der Waals surface area (Å²) < 4.78 is 0. The Morgan fingerprint density at radius 2 is 1.71 bits per heavy atom. The molecular formula is C18H13NO2. The van der Waals surface area contributed by atoms with Gasteiger partial charge in [0.1, 0.15) is 0 Å². The lowest BCUT2D eigenvalue weighted by molar-refractivity contribution is 0.0697. The lowest BCUT2D eigenvalue weighted by atomic mass is 10.1. The van der Waals surface area contributed by atoms with E-state index in [1.54, 1.807) is 30.5 Å². The van der Waals surface area contributed by atoms with E-state index in [0.717, 1.165) is 22.0 Å². The third-order valence-corrected chi connectivity index (χ3v) is 3.30. The highest BCUT2D eigenvalue weighted by Gasteiger charge is 2.01. The third-order valence-electron chi connectivity index (χ3n) is 3.30. The SMILES string of the molecule is O=C(O)c1ccc(C=Cc2ccnc3ccccc23)cc1. The number of aromatic carboxylic acids is 1. The van der Waals surface area contributed by atoms with Gasteiger partial charge in [0.2, 0.25) is 0 Å². The van der Waals surface area contributed by atoms with Gasteiger partial charge in [-0.25, -0.2) is 4.79 Å². The van der Waals surface area contributed by atoms with Crippen molar-refractivity contribution in [2.75, 3.05) is 0 Å². The zero-order valence-corrected chi connectivity index (χ0v) is 11.2. The largest absolute Gasteiger partial charge is 0.478 e. The van der Waals surface area contributed by atoms with E-state index in [1.807, 2.05) is 42.5 Å². The first kappa shape index (κ1) is 13.1. The predicted molar refractivity (Wildman–Crippen MR) is 84.1 cm³/mol. The van der Waals surface area contributed by atoms with Crippen molar-refractivity contribution in [3.05, 3.63) is 77.5 Å². The number of rotatable bonds is 3. The zero-order chi connectivity index (χ0) is 14.7. The molecule has 3 aromatic rings. The molecule has 0 unspecified atom stereocenters. The Kier molecular flexibility index (Phi) is 3.48. The molecule has 3 nitrogen and oxygen atoms in total. The maximum Gasteiger partial charge on any atom is 0.335 e. The number of pyridine rings is 1. The monoisotopic (exact) mass is 275 g/mol. The molecular weight excluding hydrogens is 262 g/mol. The molecule has 3 heteroatoms. The molecule has 0 amide bonds. The third kappa shape index (κ3) is 2.82. The van der Waals surface area contributed by atoms with E-state index in [9.17, 15) is 4.79 Å². The number of aromatic nitrogens is 1. The maximum absolute atomic E-state index is 10.8. The summed E-state index contributed by atoms with van der Waals surface area (Å²) in [5.41, 5.74) is 3.30. The van der Waals surface area contributed by atoms with Crippen molar-refractivity contribution in [1.29, 1.82) is 0 Å². The Morgan fingerprint density at radius 3 is 2.48 bits per heavy atom. The molecule has 0 aliphatic carbocycles. The summed E-state index contributed by atoms with van der Waals surface area (Å²) in [6.07, 6.45) is 5.77. The summed E-state index contributed by atoms with van der Waals surface area (Å²) >= 11 is 0. The molecule has 2 aromatic carbocycles. The number of carboxylic acid groups (broad SMARTS) is 1. The van der Waals surface area contributed by atoms with Crippen LogP contribution in [0.5, 0.6) is 0 Å². The van der Waals surface area contributed by atoms with Crippen molar-refractivity contribution >= 4 is 29.0 Å². The molecule has 21 heavy (non-hydrogen) atoms. The summed E-state index contributed by atoms with van der Waals surface area (Å²) in [6, 6.07) is 16.7. The molecule has 0 aliphatic heterocycles. The van der Waals surface area contributed by atoms with Crippen LogP contribution >= 0.6 is 0 Å². The van der Waals surface area contributed by atoms with Crippen molar-refractivity contribution in [2.45, 2.75) is 0 Å². The fourth-order valence-electron chi connectivity index (χ4n) is 2.19. The molecule has 0 atom stereocenters. The van der Waals surface area contributed by atoms with Gasteiger partial charge in [-0.15, -0.1) is 0 Å². The minimum atomic E-state index is -0.911. The van der Waals surface area contributed by atoms with Crippen molar-refractivity contribution in [3.8, 4) is 0 Å². The van der Waals surface area contributed by atoms with Gasteiger partial charge in [0.15, 0.2) is 0 Å². The van der Waals surface area contributed by atoms with Gasteiger partial charge >= 0.3 is 5.97 Å². The molecule has 0 aliphatic rings. The molecule has 1 N–H and O–H groups in total. The highest BCUT2D eigenvalue weighted by Crippen LogP contribution is 2.18. The fraction of sp³-hybridized carbons (Fsp3) is 0. The van der Waals surface area contributed by atoms with E-state index in [4.69, 9.17) is 5.11 Å². The first-order chi connectivity index (χ1) is 10.2. The van der Waals surface area contributed by atoms with Gasteiger partial charge < -0.3 is 5.11 Å². The molecule has 102 valence electrons. The molecule has 0 fully saturated rings. The number of fused-ring (bicyclic) bond motifs is 1. The molecule has 0 bridgehead atoms. The smallest absolute Gasteiger partial charge is 0.335 e. The van der Waals surface area contributed by atoms with E-state index >= 15 is 0 Å². The van der Waals surface area contributed by atoms with Crippen molar-refractivity contribution in [3.63, 3.8) is 0 Å². The van der Waals surface area contributed by atoms with Gasteiger partial charge in [0.25, 0.3) is 0 Å². The van der Waals surface area contributed by atoms with Crippen molar-refractivity contribution < 1.29 is 9.90 Å². The van der Waals surface area contributed by atoms with Crippen molar-refractivity contribution in [2.24, 2.45) is 0 Å². The minimum Gasteiger partial charge on any atom is -0.478 e. The van der Waals surface area contributed by atoms with Crippen LogP contribution in [0, 0.1) is 0 Å². The van der Waals surface area contributed by atoms with Gasteiger partial charge in [-0.3, -0.25) is 4.98 Å². The van der Waals surface area contributed by atoms with Crippen LogP contribution < -0.4 is 0 Å². The van der Waals surface area contributed by atoms with Gasteiger partial charge in [-0.05, 0) is 35.4 Å². The second kappa shape index (κ2) is 5.59. The molecule has 0 saturated carbocycles. The summed E-state index contributed by atoms with van der Waals surface area (Å²) in [5, 5.41) is 9.97. The van der Waals surface area contributed by atoms with Crippen LogP contribution in [0.4, 0.5) is 0 Å². The number of para-hydroxylation sites is 1. The number of benzene rings is 2. The van der Waals surface area contributed by atoms with Crippen LogP contribution in [0.15, 0.2) is 60.8 Å². The van der Waals surface area contributed by atoms with Crippen LogP contribution in [0.25, 0.3) is 23.1 Å². The normalized spacial score (nSPS) is 11.0. The van der Waals surface area contributed by atoms with E-state index in [2.05, 4.69) is 4.98 Å². The average Bonchev–Trinajstić information content (AvgIpc) is 2.53. The molecule has 1 heterocycles. The topological polar surface area (TPSA) is 50.2 Å². The summed E-state index contributed by atoms with van der Waals surface area (Å²) in [4.78, 5) is 15.1. The van der Waals surface area contributed by atoms with Gasteiger partial charge in [0.05, 0.1) is 11.1 Å². The first-order valence-corrected chi connectivity index (χ1v) is 6.59. The minimum absolute atomic E-state index is 0.293. The molecule has 0 radical (unpaired) electrons. The van der Waals surface area contributed by atoms with Crippen LogP contribution in [0.1, 0.15) is 21.5 Å². The Balaban J connectivity index is 1.92. The first-order valence-electron chi connectivity index (χ1n) is 6.59. The van der Waals surface area contributed by atoms with E-state index in [1.165, 1.54) is 0 Å². The fourth-order valence-corrected chi connectivity index (χ4v) is 2.19. The lowest BCUT2D eigenvalue weighted by Crippen LogP contribution is -1.94. The van der Waals surface area contributed by atoms with Gasteiger partial charge in [-0.2, -0.15) is 0 Å². The standard InChI is InChI=1S/C18H13NO2/c20-18(21)15-9-6-13(7-10-15)5-8-14-11-12-19-17-4-2-1-3-16(14)17/h1-12H,(H,20,21). The molecule has 0 saturated heterocycles. The van der Waals surface area contributed by atoms with Crippen molar-refractivity contribution in [1.82, 2.24) is 4.98 Å². The number of carbonyl (C=O) groups is 1. The zero-order valence-electron chi connectivity index (χ0n) is 11.2. The highest BCUT2D eigenvalue weighted by atomic mass is 16.4. The van der Waals surface area contributed by atoms with Crippen LogP contribution in [-0.2, 0) is 0 Å². The predicted octanol–water partition coefficient (Wildman–Crippen LogP) is 4.10. The molecule has 1 aromatic heterocycles. The second-order valence-corrected chi connectivity index (χ2v) is 4.68. The second-order valence-electron chi connectivity index (χ2n) is 4.68. The number of carboxylic acids is 1. The number of hydrogen-bond donors (Lipinski definition) is 1. The Morgan fingerprint density at radius 1 is 0.952 bits per heavy atom. The number of nitrogens with zero attached hydrogens (tertiary/aromatic N) is 1. The Bertz CT molecular complexity index is 815.